The van der Waals surface area contributed by atoms with Crippen molar-refractivity contribution >= 4 is 21.6 Å². The van der Waals surface area contributed by atoms with Crippen LogP contribution in [-0.4, -0.2) is 4.92 Å². The van der Waals surface area contributed by atoms with E-state index in [4.69, 9.17) is 10.5 Å². The van der Waals surface area contributed by atoms with E-state index < -0.39 is 4.92 Å². The lowest BCUT2D eigenvalue weighted by Crippen LogP contribution is -2.04. The van der Waals surface area contributed by atoms with Gasteiger partial charge in [-0.1, -0.05) is 18.2 Å². The molecule has 0 radical (unpaired) electrons. The van der Waals surface area contributed by atoms with Crippen molar-refractivity contribution in [3.63, 3.8) is 0 Å². The molecule has 2 rings (SSSR count). The number of nitrogens with two attached hydrogens (primary N) is 1. The summed E-state index contributed by atoms with van der Waals surface area (Å²) in [6, 6.07) is 11.6. The quantitative estimate of drug-likeness (QED) is 0.671. The van der Waals surface area contributed by atoms with Crippen LogP contribution in [0.3, 0.4) is 0 Å². The Kier molecular flexibility index (Phi) is 4.36. The predicted molar refractivity (Wildman–Crippen MR) is 79.9 cm³/mol. The van der Waals surface area contributed by atoms with Crippen LogP contribution in [0.2, 0.25) is 0 Å². The summed E-state index contributed by atoms with van der Waals surface area (Å²) in [6.07, 6.45) is 0. The summed E-state index contributed by atoms with van der Waals surface area (Å²) in [7, 11) is 0. The molecule has 6 heteroatoms. The lowest BCUT2D eigenvalue weighted by Gasteiger charge is -2.11. The van der Waals surface area contributed by atoms with E-state index in [1.54, 1.807) is 24.3 Å². The van der Waals surface area contributed by atoms with E-state index in [1.165, 1.54) is 6.07 Å². The van der Waals surface area contributed by atoms with Gasteiger partial charge in [-0.2, -0.15) is 0 Å². The van der Waals surface area contributed by atoms with Gasteiger partial charge in [0.2, 0.25) is 5.75 Å². The van der Waals surface area contributed by atoms with Crippen molar-refractivity contribution in [1.29, 1.82) is 0 Å². The van der Waals surface area contributed by atoms with Crippen molar-refractivity contribution in [2.24, 2.45) is 5.73 Å². The van der Waals surface area contributed by atoms with E-state index in [2.05, 4.69) is 15.9 Å². The Balaban J connectivity index is 2.33. The molecule has 0 saturated heterocycles. The average molecular weight is 337 g/mol. The van der Waals surface area contributed by atoms with Gasteiger partial charge in [0.25, 0.3) is 0 Å². The fourth-order valence-corrected chi connectivity index (χ4v) is 2.17. The molecule has 2 aromatic rings. The highest BCUT2D eigenvalue weighted by Gasteiger charge is 2.15. The SMILES string of the molecule is C[C@@H](N)c1ccc(Oc2ccccc2[N+](=O)[O-])c(Br)c1. The number of para-hydroxylation sites is 2. The number of benzene rings is 2. The normalized spacial score (nSPS) is 11.9. The predicted octanol–water partition coefficient (Wildman–Crippen LogP) is 4.17. The Labute approximate surface area is 124 Å². The van der Waals surface area contributed by atoms with Crippen LogP contribution in [0.25, 0.3) is 0 Å². The van der Waals surface area contributed by atoms with Crippen molar-refractivity contribution in [1.82, 2.24) is 0 Å². The van der Waals surface area contributed by atoms with E-state index in [-0.39, 0.29) is 17.5 Å². The molecule has 0 aliphatic rings. The highest BCUT2D eigenvalue weighted by molar-refractivity contribution is 9.10. The second-order valence-corrected chi connectivity index (χ2v) is 5.16. The molecule has 1 atom stereocenters. The summed E-state index contributed by atoms with van der Waals surface area (Å²) in [6.45, 7) is 1.88. The Morgan fingerprint density at radius 2 is 1.95 bits per heavy atom. The average Bonchev–Trinajstić information content (AvgIpc) is 2.41. The van der Waals surface area contributed by atoms with Crippen molar-refractivity contribution in [2.45, 2.75) is 13.0 Å². The minimum Gasteiger partial charge on any atom is -0.449 e. The molecule has 0 aromatic heterocycles. The number of halogens is 1. The molecule has 0 unspecified atom stereocenters. The molecule has 0 fully saturated rings. The van der Waals surface area contributed by atoms with Crippen molar-refractivity contribution in [2.75, 3.05) is 0 Å². The van der Waals surface area contributed by atoms with Gasteiger partial charge in [-0.15, -0.1) is 0 Å². The summed E-state index contributed by atoms with van der Waals surface area (Å²) < 4.78 is 6.31. The highest BCUT2D eigenvalue weighted by atomic mass is 79.9. The molecule has 0 bridgehead atoms. The third-order valence-electron chi connectivity index (χ3n) is 2.76. The first kappa shape index (κ1) is 14.5. The van der Waals surface area contributed by atoms with Crippen LogP contribution in [-0.2, 0) is 0 Å². The van der Waals surface area contributed by atoms with Crippen LogP contribution < -0.4 is 10.5 Å². The molecule has 104 valence electrons. The molecule has 0 aliphatic carbocycles. The molecule has 0 aliphatic heterocycles. The van der Waals surface area contributed by atoms with Gasteiger partial charge in [0.05, 0.1) is 9.40 Å². The van der Waals surface area contributed by atoms with Gasteiger partial charge in [0.1, 0.15) is 5.75 Å². The van der Waals surface area contributed by atoms with E-state index in [0.29, 0.717) is 10.2 Å². The Morgan fingerprint density at radius 1 is 1.25 bits per heavy atom. The molecule has 0 amide bonds. The monoisotopic (exact) mass is 336 g/mol. The fourth-order valence-electron chi connectivity index (χ4n) is 1.70. The summed E-state index contributed by atoms with van der Waals surface area (Å²) in [4.78, 5) is 10.5. The molecule has 2 N–H and O–H groups in total. The zero-order chi connectivity index (χ0) is 14.7. The Bertz CT molecular complexity index is 644. The number of nitro benzene ring substituents is 1. The van der Waals surface area contributed by atoms with Crippen LogP contribution in [0.5, 0.6) is 11.5 Å². The maximum absolute atomic E-state index is 10.9. The van der Waals surface area contributed by atoms with Crippen LogP contribution in [0.15, 0.2) is 46.9 Å². The Hall–Kier alpha value is -1.92. The smallest absolute Gasteiger partial charge is 0.311 e. The topological polar surface area (TPSA) is 78.4 Å². The zero-order valence-corrected chi connectivity index (χ0v) is 12.3. The molecule has 5 nitrogen and oxygen atoms in total. The lowest BCUT2D eigenvalue weighted by molar-refractivity contribution is -0.385. The summed E-state index contributed by atoms with van der Waals surface area (Å²) in [5.41, 5.74) is 6.68. The first-order valence-corrected chi connectivity index (χ1v) is 6.74. The summed E-state index contributed by atoms with van der Waals surface area (Å²) in [5.74, 6) is 0.704. The standard InChI is InChI=1S/C14H13BrN2O3/c1-9(16)10-6-7-13(11(15)8-10)20-14-5-3-2-4-12(14)17(18)19/h2-9H,16H2,1H3/t9-/m1/s1. The van der Waals surface area contributed by atoms with Gasteiger partial charge in [-0.05, 0) is 46.6 Å². The van der Waals surface area contributed by atoms with Crippen LogP contribution in [0, 0.1) is 10.1 Å². The summed E-state index contributed by atoms with van der Waals surface area (Å²) >= 11 is 3.38. The number of rotatable bonds is 4. The largest absolute Gasteiger partial charge is 0.449 e. The first-order chi connectivity index (χ1) is 9.49. The molecule has 0 saturated carbocycles. The maximum atomic E-state index is 10.9. The zero-order valence-electron chi connectivity index (χ0n) is 10.7. The maximum Gasteiger partial charge on any atom is 0.311 e. The molecule has 20 heavy (non-hydrogen) atoms. The van der Waals surface area contributed by atoms with Gasteiger partial charge in [0, 0.05) is 12.1 Å². The third kappa shape index (κ3) is 3.15. The van der Waals surface area contributed by atoms with Crippen molar-refractivity contribution in [3.05, 3.63) is 62.6 Å². The van der Waals surface area contributed by atoms with Gasteiger partial charge in [-0.3, -0.25) is 10.1 Å². The van der Waals surface area contributed by atoms with Crippen LogP contribution >= 0.6 is 15.9 Å². The summed E-state index contributed by atoms with van der Waals surface area (Å²) in [5, 5.41) is 10.9. The second kappa shape index (κ2) is 6.02. The minimum absolute atomic E-state index is 0.0735. The second-order valence-electron chi connectivity index (χ2n) is 4.31. The van der Waals surface area contributed by atoms with Gasteiger partial charge in [-0.25, -0.2) is 0 Å². The molecular weight excluding hydrogens is 324 g/mol. The lowest BCUT2D eigenvalue weighted by atomic mass is 10.1. The molecule has 2 aromatic carbocycles. The van der Waals surface area contributed by atoms with E-state index >= 15 is 0 Å². The number of ether oxygens (including phenoxy) is 1. The van der Waals surface area contributed by atoms with E-state index in [9.17, 15) is 10.1 Å². The van der Waals surface area contributed by atoms with Gasteiger partial charge < -0.3 is 10.5 Å². The Morgan fingerprint density at radius 3 is 2.55 bits per heavy atom. The molecular formula is C14H13BrN2O3. The van der Waals surface area contributed by atoms with E-state index in [0.717, 1.165) is 5.56 Å². The minimum atomic E-state index is -0.473. The van der Waals surface area contributed by atoms with Crippen LogP contribution in [0.4, 0.5) is 5.69 Å². The van der Waals surface area contributed by atoms with Gasteiger partial charge >= 0.3 is 5.69 Å². The van der Waals surface area contributed by atoms with Crippen molar-refractivity contribution in [3.8, 4) is 11.5 Å². The first-order valence-electron chi connectivity index (χ1n) is 5.95. The third-order valence-corrected chi connectivity index (χ3v) is 3.38. The fraction of sp³-hybridized carbons (Fsp3) is 0.143. The number of nitrogens with zero attached hydrogens (tertiary/aromatic N) is 1. The molecule has 0 spiro atoms. The molecule has 0 heterocycles. The van der Waals surface area contributed by atoms with Crippen LogP contribution in [0.1, 0.15) is 18.5 Å². The highest BCUT2D eigenvalue weighted by Crippen LogP contribution is 2.35. The van der Waals surface area contributed by atoms with E-state index in [1.807, 2.05) is 19.1 Å². The number of nitro groups is 1. The number of hydrogen-bond donors (Lipinski definition) is 1. The van der Waals surface area contributed by atoms with Gasteiger partial charge in [0.15, 0.2) is 0 Å². The number of hydrogen-bond acceptors (Lipinski definition) is 4. The van der Waals surface area contributed by atoms with Crippen molar-refractivity contribution < 1.29 is 9.66 Å².